The molecule has 1 saturated heterocycles. The summed E-state index contributed by atoms with van der Waals surface area (Å²) >= 11 is 0. The van der Waals surface area contributed by atoms with Gasteiger partial charge in [0.1, 0.15) is 11.6 Å². The minimum absolute atomic E-state index is 0. The van der Waals surface area contributed by atoms with Gasteiger partial charge >= 0.3 is 6.61 Å². The van der Waals surface area contributed by atoms with Crippen LogP contribution in [0.1, 0.15) is 17.5 Å². The molecule has 176 valence electrons. The monoisotopic (exact) mass is 564 g/mol. The van der Waals surface area contributed by atoms with Crippen LogP contribution < -0.4 is 20.3 Å². The Morgan fingerprint density at radius 1 is 1.25 bits per heavy atom. The largest absolute Gasteiger partial charge is 0.433 e. The van der Waals surface area contributed by atoms with Crippen molar-refractivity contribution >= 4 is 35.6 Å². The van der Waals surface area contributed by atoms with Crippen LogP contribution in [0.5, 0.6) is 5.75 Å². The fraction of sp³-hybridized carbons (Fsp3) is 0.409. The molecule has 0 spiro atoms. The van der Waals surface area contributed by atoms with Crippen molar-refractivity contribution in [2.45, 2.75) is 32.2 Å². The van der Waals surface area contributed by atoms with Crippen LogP contribution in [0.15, 0.2) is 47.5 Å². The summed E-state index contributed by atoms with van der Waals surface area (Å²) in [7, 11) is 3.20. The van der Waals surface area contributed by atoms with Gasteiger partial charge in [0, 0.05) is 45.4 Å². The number of alkyl halides is 2. The second-order valence-electron chi connectivity index (χ2n) is 7.21. The molecule has 0 radical (unpaired) electrons. The molecular weight excluding hydrogens is 536 g/mol. The predicted octanol–water partition coefficient (Wildman–Crippen LogP) is 4.14. The molecule has 1 unspecified atom stereocenters. The summed E-state index contributed by atoms with van der Waals surface area (Å²) < 4.78 is 48.8. The summed E-state index contributed by atoms with van der Waals surface area (Å²) in [5.41, 5.74) is 2.05. The summed E-state index contributed by atoms with van der Waals surface area (Å²) in [4.78, 5) is 6.26. The van der Waals surface area contributed by atoms with E-state index in [2.05, 4.69) is 20.4 Å². The van der Waals surface area contributed by atoms with Crippen molar-refractivity contribution in [3.05, 3.63) is 59.4 Å². The van der Waals surface area contributed by atoms with E-state index in [9.17, 15) is 13.2 Å². The number of nitrogens with one attached hydrogen (secondary N) is 2. The summed E-state index contributed by atoms with van der Waals surface area (Å²) in [6.45, 7) is -0.855. The molecular formula is C22H28F3IN4O2. The Hall–Kier alpha value is -2.21. The minimum Gasteiger partial charge on any atom is -0.433 e. The number of halogens is 4. The Morgan fingerprint density at radius 3 is 2.75 bits per heavy atom. The van der Waals surface area contributed by atoms with E-state index in [-0.39, 0.29) is 48.2 Å². The first-order valence-electron chi connectivity index (χ1n) is 10.0. The van der Waals surface area contributed by atoms with Crippen molar-refractivity contribution in [1.29, 1.82) is 0 Å². The van der Waals surface area contributed by atoms with Gasteiger partial charge in [0.2, 0.25) is 0 Å². The van der Waals surface area contributed by atoms with Gasteiger partial charge in [0.25, 0.3) is 0 Å². The van der Waals surface area contributed by atoms with Gasteiger partial charge in [-0.2, -0.15) is 8.78 Å². The zero-order valence-corrected chi connectivity index (χ0v) is 20.3. The normalized spacial score (nSPS) is 16.1. The topological polar surface area (TPSA) is 58.1 Å². The average molecular weight is 564 g/mol. The van der Waals surface area contributed by atoms with Gasteiger partial charge in [0.05, 0.1) is 12.3 Å². The standard InChI is InChI=1S/C22H27F3N4O2.HI/c1-26-22(27-12-15-7-8-18(23)16(11-15)14-30-2)28-17-9-10-29(13-17)19-5-3-4-6-20(19)31-21(24)25;/h3-8,11,17,21H,9-10,12-14H2,1-2H3,(H2,26,27,28);1H. The Morgan fingerprint density at radius 2 is 2.03 bits per heavy atom. The molecule has 1 fully saturated rings. The van der Waals surface area contributed by atoms with E-state index in [4.69, 9.17) is 4.74 Å². The Kier molecular flexibility index (Phi) is 10.4. The lowest BCUT2D eigenvalue weighted by molar-refractivity contribution is -0.0495. The van der Waals surface area contributed by atoms with Gasteiger partial charge in [0.15, 0.2) is 5.96 Å². The number of guanidine groups is 1. The van der Waals surface area contributed by atoms with Gasteiger partial charge in [-0.3, -0.25) is 4.99 Å². The third-order valence-electron chi connectivity index (χ3n) is 5.04. The van der Waals surface area contributed by atoms with Crippen molar-refractivity contribution in [3.63, 3.8) is 0 Å². The van der Waals surface area contributed by atoms with Crippen LogP contribution in [0.2, 0.25) is 0 Å². The number of para-hydroxylation sites is 2. The number of methoxy groups -OCH3 is 1. The van der Waals surface area contributed by atoms with Crippen LogP contribution in [0, 0.1) is 5.82 Å². The molecule has 6 nitrogen and oxygen atoms in total. The maximum Gasteiger partial charge on any atom is 0.387 e. The van der Waals surface area contributed by atoms with Crippen LogP contribution in [0.25, 0.3) is 0 Å². The molecule has 2 aromatic rings. The van der Waals surface area contributed by atoms with Gasteiger partial charge < -0.3 is 25.0 Å². The first kappa shape index (κ1) is 26.0. The summed E-state index contributed by atoms with van der Waals surface area (Å²) in [6, 6.07) is 11.8. The first-order valence-corrected chi connectivity index (χ1v) is 10.0. The molecule has 0 saturated carbocycles. The molecule has 1 aliphatic rings. The smallest absolute Gasteiger partial charge is 0.387 e. The van der Waals surface area contributed by atoms with E-state index in [1.807, 2.05) is 4.90 Å². The second-order valence-corrected chi connectivity index (χ2v) is 7.21. The zero-order valence-electron chi connectivity index (χ0n) is 18.0. The Labute approximate surface area is 203 Å². The highest BCUT2D eigenvalue weighted by Crippen LogP contribution is 2.31. The molecule has 10 heteroatoms. The molecule has 3 rings (SSSR count). The highest BCUT2D eigenvalue weighted by Gasteiger charge is 2.26. The molecule has 1 heterocycles. The molecule has 2 N–H and O–H groups in total. The molecule has 0 aliphatic carbocycles. The van der Waals surface area contributed by atoms with Crippen molar-refractivity contribution in [3.8, 4) is 5.75 Å². The lowest BCUT2D eigenvalue weighted by Gasteiger charge is -2.22. The number of hydrogen-bond acceptors (Lipinski definition) is 4. The van der Waals surface area contributed by atoms with Crippen LogP contribution in [0.4, 0.5) is 18.9 Å². The quantitative estimate of drug-likeness (QED) is 0.287. The number of hydrogen-bond donors (Lipinski definition) is 2. The third kappa shape index (κ3) is 7.16. The van der Waals surface area contributed by atoms with Crippen molar-refractivity contribution in [2.75, 3.05) is 32.1 Å². The predicted molar refractivity (Wildman–Crippen MR) is 130 cm³/mol. The van der Waals surface area contributed by atoms with Crippen LogP contribution >= 0.6 is 24.0 Å². The van der Waals surface area contributed by atoms with Gasteiger partial charge in [-0.05, 0) is 36.2 Å². The van der Waals surface area contributed by atoms with E-state index < -0.39 is 6.61 Å². The Balaban J connectivity index is 0.00000363. The maximum atomic E-state index is 13.8. The first-order chi connectivity index (χ1) is 15.0. The van der Waals surface area contributed by atoms with Crippen LogP contribution in [0.3, 0.4) is 0 Å². The van der Waals surface area contributed by atoms with Gasteiger partial charge in [-0.25, -0.2) is 4.39 Å². The molecule has 32 heavy (non-hydrogen) atoms. The molecule has 2 aromatic carbocycles. The Bertz CT molecular complexity index is 901. The summed E-state index contributed by atoms with van der Waals surface area (Å²) in [5, 5.41) is 6.58. The number of anilines is 1. The lowest BCUT2D eigenvalue weighted by atomic mass is 10.1. The number of aliphatic imine (C=N–C) groups is 1. The highest BCUT2D eigenvalue weighted by molar-refractivity contribution is 14.0. The second kappa shape index (κ2) is 12.7. The average Bonchev–Trinajstić information content (AvgIpc) is 3.21. The van der Waals surface area contributed by atoms with Crippen molar-refractivity contribution in [2.24, 2.45) is 4.99 Å². The van der Waals surface area contributed by atoms with Gasteiger partial charge in [-0.1, -0.05) is 18.2 Å². The fourth-order valence-corrected chi connectivity index (χ4v) is 3.59. The van der Waals surface area contributed by atoms with Crippen molar-refractivity contribution < 1.29 is 22.6 Å². The summed E-state index contributed by atoms with van der Waals surface area (Å²) in [5.74, 6) is 0.487. The number of nitrogens with zero attached hydrogens (tertiary/aromatic N) is 2. The van der Waals surface area contributed by atoms with E-state index in [1.54, 1.807) is 43.4 Å². The molecule has 1 aliphatic heterocycles. The van der Waals surface area contributed by atoms with E-state index in [0.29, 0.717) is 36.8 Å². The van der Waals surface area contributed by atoms with Crippen molar-refractivity contribution in [1.82, 2.24) is 10.6 Å². The van der Waals surface area contributed by atoms with Crippen LogP contribution in [-0.4, -0.2) is 45.9 Å². The van der Waals surface area contributed by atoms with Gasteiger partial charge in [-0.15, -0.1) is 24.0 Å². The molecule has 0 aromatic heterocycles. The zero-order chi connectivity index (χ0) is 22.2. The van der Waals surface area contributed by atoms with E-state index in [0.717, 1.165) is 12.0 Å². The number of rotatable bonds is 8. The number of ether oxygens (including phenoxy) is 2. The van der Waals surface area contributed by atoms with E-state index in [1.165, 1.54) is 13.2 Å². The maximum absolute atomic E-state index is 13.8. The highest BCUT2D eigenvalue weighted by atomic mass is 127. The third-order valence-corrected chi connectivity index (χ3v) is 5.04. The fourth-order valence-electron chi connectivity index (χ4n) is 3.59. The van der Waals surface area contributed by atoms with Crippen LogP contribution in [-0.2, 0) is 17.9 Å². The lowest BCUT2D eigenvalue weighted by Crippen LogP contribution is -2.44. The minimum atomic E-state index is -2.86. The summed E-state index contributed by atoms with van der Waals surface area (Å²) in [6.07, 6.45) is 0.818. The SMILES string of the molecule is CN=C(NCc1ccc(F)c(COC)c1)NC1CCN(c2ccccc2OC(F)F)C1.I. The molecule has 1 atom stereocenters. The molecule has 0 bridgehead atoms. The molecule has 0 amide bonds. The van der Waals surface area contributed by atoms with E-state index >= 15 is 0 Å². The number of benzene rings is 2.